The van der Waals surface area contributed by atoms with E-state index in [9.17, 15) is 4.79 Å². The molecule has 0 spiro atoms. The van der Waals surface area contributed by atoms with Gasteiger partial charge in [-0.1, -0.05) is 23.2 Å². The molecular weight excluding hydrogens is 309 g/mol. The molecule has 0 aliphatic carbocycles. The van der Waals surface area contributed by atoms with E-state index in [-0.39, 0.29) is 5.91 Å². The zero-order chi connectivity index (χ0) is 15.4. The first-order chi connectivity index (χ1) is 10.0. The van der Waals surface area contributed by atoms with Crippen LogP contribution in [0.2, 0.25) is 10.0 Å². The summed E-state index contributed by atoms with van der Waals surface area (Å²) in [5.41, 5.74) is 1.82. The fraction of sp³-hybridized carbons (Fsp3) is 0.0667. The minimum atomic E-state index is -0.362. The zero-order valence-electron chi connectivity index (χ0n) is 11.1. The number of anilines is 2. The van der Waals surface area contributed by atoms with Gasteiger partial charge < -0.3 is 10.6 Å². The lowest BCUT2D eigenvalue weighted by molar-refractivity contribution is 0.102. The Morgan fingerprint density at radius 2 is 1.90 bits per heavy atom. The van der Waals surface area contributed by atoms with Crippen LogP contribution in [0, 0.1) is 11.3 Å². The lowest BCUT2D eigenvalue weighted by Crippen LogP contribution is -2.14. The first kappa shape index (κ1) is 15.2. The van der Waals surface area contributed by atoms with Crippen molar-refractivity contribution in [3.8, 4) is 6.07 Å². The van der Waals surface area contributed by atoms with Crippen molar-refractivity contribution >= 4 is 40.5 Å². The summed E-state index contributed by atoms with van der Waals surface area (Å²) in [7, 11) is 1.71. The summed E-state index contributed by atoms with van der Waals surface area (Å²) in [5, 5.41) is 15.3. The monoisotopic (exact) mass is 319 g/mol. The fourth-order valence-electron chi connectivity index (χ4n) is 1.80. The molecule has 0 bridgehead atoms. The predicted molar refractivity (Wildman–Crippen MR) is 85.1 cm³/mol. The molecular formula is C15H11Cl2N3O. The molecule has 0 saturated carbocycles. The van der Waals surface area contributed by atoms with Gasteiger partial charge in [0.25, 0.3) is 5.91 Å². The van der Waals surface area contributed by atoms with Crippen LogP contribution >= 0.6 is 23.2 Å². The molecule has 0 aromatic heterocycles. The number of benzene rings is 2. The summed E-state index contributed by atoms with van der Waals surface area (Å²) in [5.74, 6) is -0.362. The number of carbonyl (C=O) groups is 1. The third-order valence-corrected chi connectivity index (χ3v) is 3.40. The zero-order valence-corrected chi connectivity index (χ0v) is 12.6. The quantitative estimate of drug-likeness (QED) is 0.892. The number of hydrogen-bond donors (Lipinski definition) is 2. The Kier molecular flexibility index (Phi) is 4.69. The van der Waals surface area contributed by atoms with Gasteiger partial charge in [-0.25, -0.2) is 0 Å². The van der Waals surface area contributed by atoms with Crippen molar-refractivity contribution in [1.29, 1.82) is 5.26 Å². The minimum Gasteiger partial charge on any atom is -0.387 e. The molecule has 106 valence electrons. The van der Waals surface area contributed by atoms with E-state index in [1.165, 1.54) is 6.07 Å². The molecule has 21 heavy (non-hydrogen) atoms. The van der Waals surface area contributed by atoms with Crippen molar-refractivity contribution in [2.24, 2.45) is 0 Å². The molecule has 6 heteroatoms. The smallest absolute Gasteiger partial charge is 0.257 e. The van der Waals surface area contributed by atoms with Gasteiger partial charge in [0.15, 0.2) is 0 Å². The Balaban J connectivity index is 2.35. The highest BCUT2D eigenvalue weighted by molar-refractivity contribution is 6.34. The molecule has 0 heterocycles. The molecule has 0 radical (unpaired) electrons. The Morgan fingerprint density at radius 3 is 2.57 bits per heavy atom. The van der Waals surface area contributed by atoms with E-state index in [2.05, 4.69) is 10.6 Å². The van der Waals surface area contributed by atoms with Crippen molar-refractivity contribution in [3.63, 3.8) is 0 Å². The van der Waals surface area contributed by atoms with Gasteiger partial charge in [0, 0.05) is 17.8 Å². The van der Waals surface area contributed by atoms with Crippen molar-refractivity contribution in [1.82, 2.24) is 0 Å². The SMILES string of the molecule is CNc1ccc(Cl)cc1C(=O)Nc1cc(C#N)ccc1Cl. The van der Waals surface area contributed by atoms with E-state index in [1.807, 2.05) is 6.07 Å². The van der Waals surface area contributed by atoms with E-state index < -0.39 is 0 Å². The van der Waals surface area contributed by atoms with Gasteiger partial charge in [0.1, 0.15) is 0 Å². The molecule has 2 rings (SSSR count). The van der Waals surface area contributed by atoms with Crippen molar-refractivity contribution in [2.45, 2.75) is 0 Å². The molecule has 0 saturated heterocycles. The van der Waals surface area contributed by atoms with Crippen LogP contribution in [0.25, 0.3) is 0 Å². The lowest BCUT2D eigenvalue weighted by atomic mass is 10.1. The maximum absolute atomic E-state index is 12.3. The van der Waals surface area contributed by atoms with Crippen LogP contribution in [0.5, 0.6) is 0 Å². The molecule has 2 aromatic rings. The topological polar surface area (TPSA) is 64.9 Å². The van der Waals surface area contributed by atoms with Crippen LogP contribution in [-0.2, 0) is 0 Å². The Morgan fingerprint density at radius 1 is 1.14 bits per heavy atom. The number of rotatable bonds is 3. The first-order valence-corrected chi connectivity index (χ1v) is 6.79. The van der Waals surface area contributed by atoms with Crippen LogP contribution in [-0.4, -0.2) is 13.0 Å². The van der Waals surface area contributed by atoms with Crippen LogP contribution in [0.3, 0.4) is 0 Å². The van der Waals surface area contributed by atoms with Crippen molar-refractivity contribution in [2.75, 3.05) is 17.7 Å². The normalized spacial score (nSPS) is 9.81. The lowest BCUT2D eigenvalue weighted by Gasteiger charge is -2.11. The highest BCUT2D eigenvalue weighted by Gasteiger charge is 2.13. The first-order valence-electron chi connectivity index (χ1n) is 6.03. The van der Waals surface area contributed by atoms with E-state index in [4.69, 9.17) is 28.5 Å². The van der Waals surface area contributed by atoms with E-state index in [0.29, 0.717) is 32.5 Å². The average molecular weight is 320 g/mol. The number of nitriles is 1. The van der Waals surface area contributed by atoms with Gasteiger partial charge in [0.05, 0.1) is 27.9 Å². The molecule has 2 aromatic carbocycles. The van der Waals surface area contributed by atoms with Crippen molar-refractivity contribution in [3.05, 3.63) is 57.6 Å². The van der Waals surface area contributed by atoms with Gasteiger partial charge >= 0.3 is 0 Å². The maximum atomic E-state index is 12.3. The van der Waals surface area contributed by atoms with Crippen LogP contribution in [0.15, 0.2) is 36.4 Å². The third-order valence-electron chi connectivity index (χ3n) is 2.84. The Bertz CT molecular complexity index is 738. The highest BCUT2D eigenvalue weighted by atomic mass is 35.5. The van der Waals surface area contributed by atoms with Crippen LogP contribution in [0.1, 0.15) is 15.9 Å². The van der Waals surface area contributed by atoms with E-state index in [0.717, 1.165) is 0 Å². The van der Waals surface area contributed by atoms with Crippen LogP contribution in [0.4, 0.5) is 11.4 Å². The number of nitrogens with one attached hydrogen (secondary N) is 2. The molecule has 0 aliphatic rings. The second kappa shape index (κ2) is 6.49. The maximum Gasteiger partial charge on any atom is 0.257 e. The number of halogens is 2. The average Bonchev–Trinajstić information content (AvgIpc) is 2.49. The van der Waals surface area contributed by atoms with Gasteiger partial charge in [0.2, 0.25) is 0 Å². The van der Waals surface area contributed by atoms with Gasteiger partial charge in [-0.2, -0.15) is 5.26 Å². The largest absolute Gasteiger partial charge is 0.387 e. The van der Waals surface area contributed by atoms with Gasteiger partial charge in [-0.3, -0.25) is 4.79 Å². The molecule has 0 aliphatic heterocycles. The summed E-state index contributed by atoms with van der Waals surface area (Å²) >= 11 is 11.9. The molecule has 1 amide bonds. The predicted octanol–water partition coefficient (Wildman–Crippen LogP) is 4.16. The highest BCUT2D eigenvalue weighted by Crippen LogP contribution is 2.26. The van der Waals surface area contributed by atoms with Crippen LogP contribution < -0.4 is 10.6 Å². The number of carbonyl (C=O) groups excluding carboxylic acids is 1. The summed E-state index contributed by atoms with van der Waals surface area (Å²) in [6.45, 7) is 0. The van der Waals surface area contributed by atoms with E-state index in [1.54, 1.807) is 37.4 Å². The number of amides is 1. The van der Waals surface area contributed by atoms with Gasteiger partial charge in [-0.05, 0) is 36.4 Å². The molecule has 0 atom stereocenters. The standard InChI is InChI=1S/C15H11Cl2N3O/c1-19-13-5-3-10(16)7-11(13)15(21)20-14-6-9(8-18)2-4-12(14)17/h2-7,19H,1H3,(H,20,21). The fourth-order valence-corrected chi connectivity index (χ4v) is 2.14. The molecule has 4 nitrogen and oxygen atoms in total. The second-order valence-electron chi connectivity index (χ2n) is 4.20. The third kappa shape index (κ3) is 3.46. The summed E-state index contributed by atoms with van der Waals surface area (Å²) in [4.78, 5) is 12.3. The number of hydrogen-bond acceptors (Lipinski definition) is 3. The molecule has 0 unspecified atom stereocenters. The Labute approximate surface area is 132 Å². The van der Waals surface area contributed by atoms with E-state index >= 15 is 0 Å². The van der Waals surface area contributed by atoms with Gasteiger partial charge in [-0.15, -0.1) is 0 Å². The second-order valence-corrected chi connectivity index (χ2v) is 5.04. The van der Waals surface area contributed by atoms with Crippen molar-refractivity contribution < 1.29 is 4.79 Å². The summed E-state index contributed by atoms with van der Waals surface area (Å²) in [6, 6.07) is 11.6. The minimum absolute atomic E-state index is 0.357. The number of nitrogens with zero attached hydrogens (tertiary/aromatic N) is 1. The molecule has 0 fully saturated rings. The summed E-state index contributed by atoms with van der Waals surface area (Å²) in [6.07, 6.45) is 0. The summed E-state index contributed by atoms with van der Waals surface area (Å²) < 4.78 is 0. The Hall–Kier alpha value is -2.22. The molecule has 2 N–H and O–H groups in total.